The maximum atomic E-state index is 11.6. The minimum atomic E-state index is -0.452. The van der Waals surface area contributed by atoms with E-state index in [1.165, 1.54) is 0 Å². The zero-order valence-electron chi connectivity index (χ0n) is 20.1. The summed E-state index contributed by atoms with van der Waals surface area (Å²) in [4.78, 5) is 21.5. The lowest BCUT2D eigenvalue weighted by atomic mass is 9.98. The van der Waals surface area contributed by atoms with Gasteiger partial charge in [0.05, 0.1) is 28.3 Å². The first-order valence-electron chi connectivity index (χ1n) is 11.8. The zero-order valence-corrected chi connectivity index (χ0v) is 20.1. The molecule has 1 aliphatic rings. The van der Waals surface area contributed by atoms with Gasteiger partial charge in [-0.05, 0) is 51.7 Å². The molecule has 1 aromatic carbocycles. The van der Waals surface area contributed by atoms with Gasteiger partial charge in [0.15, 0.2) is 0 Å². The number of carbonyl (C=O) groups excluding carboxylic acids is 1. The number of alkyl carbamates (subject to hydrolysis) is 1. The van der Waals surface area contributed by atoms with Gasteiger partial charge in [-0.15, -0.1) is 0 Å². The van der Waals surface area contributed by atoms with Crippen molar-refractivity contribution in [3.05, 3.63) is 35.7 Å². The number of hydrogen-bond donors (Lipinski definition) is 1. The summed E-state index contributed by atoms with van der Waals surface area (Å²) in [6.45, 7) is 12.4. The quantitative estimate of drug-likeness (QED) is 0.542. The maximum absolute atomic E-state index is 11.6. The minimum absolute atomic E-state index is 0.183. The molecule has 1 atom stereocenters. The van der Waals surface area contributed by atoms with Crippen LogP contribution in [0.1, 0.15) is 83.5 Å². The summed E-state index contributed by atoms with van der Waals surface area (Å²) in [7, 11) is 0. The number of ether oxygens (including phenoxy) is 1. The Kier molecular flexibility index (Phi) is 8.04. The number of hydrazone groups is 1. The van der Waals surface area contributed by atoms with Crippen LogP contribution in [0.3, 0.4) is 0 Å². The fourth-order valence-electron chi connectivity index (χ4n) is 3.80. The molecule has 2 heterocycles. The smallest absolute Gasteiger partial charge is 0.407 e. The summed E-state index contributed by atoms with van der Waals surface area (Å²) < 4.78 is 5.24. The first kappa shape index (κ1) is 24.0. The van der Waals surface area contributed by atoms with Crippen LogP contribution in [0.2, 0.25) is 0 Å². The Labute approximate surface area is 191 Å². The average molecular weight is 440 g/mol. The second-order valence-corrected chi connectivity index (χ2v) is 9.76. The Balaban J connectivity index is 1.41. The molecule has 0 saturated carbocycles. The van der Waals surface area contributed by atoms with E-state index in [1.807, 2.05) is 51.3 Å². The first-order valence-corrected chi connectivity index (χ1v) is 11.8. The third kappa shape index (κ3) is 6.90. The lowest BCUT2D eigenvalue weighted by Crippen LogP contribution is -2.33. The number of aromatic nitrogens is 2. The highest BCUT2D eigenvalue weighted by Crippen LogP contribution is 2.28. The van der Waals surface area contributed by atoms with Gasteiger partial charge in [0.1, 0.15) is 5.60 Å². The molecule has 1 aromatic heterocycles. The molecule has 174 valence electrons. The van der Waals surface area contributed by atoms with E-state index in [0.29, 0.717) is 12.5 Å². The van der Waals surface area contributed by atoms with Crippen molar-refractivity contribution in [1.29, 1.82) is 0 Å². The number of amides is 1. The fraction of sp³-hybridized carbons (Fsp3) is 0.600. The number of nitrogens with zero attached hydrogens (tertiary/aromatic N) is 4. The summed E-state index contributed by atoms with van der Waals surface area (Å²) in [6.07, 6.45) is 5.90. The van der Waals surface area contributed by atoms with Crippen LogP contribution in [0.15, 0.2) is 29.4 Å². The van der Waals surface area contributed by atoms with Crippen LogP contribution in [-0.2, 0) is 4.74 Å². The molecule has 0 bridgehead atoms. The van der Waals surface area contributed by atoms with Gasteiger partial charge in [0, 0.05) is 25.8 Å². The van der Waals surface area contributed by atoms with E-state index in [9.17, 15) is 4.79 Å². The fourth-order valence-corrected chi connectivity index (χ4v) is 3.80. The lowest BCUT2D eigenvalue weighted by molar-refractivity contribution is 0.0527. The Morgan fingerprint density at radius 3 is 2.50 bits per heavy atom. The summed E-state index contributed by atoms with van der Waals surface area (Å²) in [5.74, 6) is 0.501. The molecule has 1 aliphatic heterocycles. The van der Waals surface area contributed by atoms with E-state index < -0.39 is 5.60 Å². The van der Waals surface area contributed by atoms with E-state index in [2.05, 4.69) is 29.3 Å². The number of carbonyl (C=O) groups is 1. The van der Waals surface area contributed by atoms with Gasteiger partial charge in [0.25, 0.3) is 0 Å². The van der Waals surface area contributed by atoms with E-state index in [1.54, 1.807) is 0 Å². The van der Waals surface area contributed by atoms with E-state index in [-0.39, 0.29) is 12.0 Å². The molecule has 0 fully saturated rings. The Morgan fingerprint density at radius 2 is 1.81 bits per heavy atom. The summed E-state index contributed by atoms with van der Waals surface area (Å²) in [5, 5.41) is 9.59. The number of nitrogens with one attached hydrogen (secondary N) is 1. The highest BCUT2D eigenvalue weighted by molar-refractivity contribution is 5.76. The third-order valence-corrected chi connectivity index (χ3v) is 5.35. The average Bonchev–Trinajstić information content (AvgIpc) is 3.19. The van der Waals surface area contributed by atoms with Crippen LogP contribution < -0.4 is 5.32 Å². The van der Waals surface area contributed by atoms with E-state index in [4.69, 9.17) is 14.7 Å². The van der Waals surface area contributed by atoms with Crippen molar-refractivity contribution in [2.45, 2.75) is 77.7 Å². The van der Waals surface area contributed by atoms with Crippen molar-refractivity contribution in [2.24, 2.45) is 5.10 Å². The number of benzene rings is 1. The molecule has 1 N–H and O–H groups in total. The van der Waals surface area contributed by atoms with Crippen molar-refractivity contribution in [3.63, 3.8) is 0 Å². The summed E-state index contributed by atoms with van der Waals surface area (Å²) in [5.41, 5.74) is 3.57. The largest absolute Gasteiger partial charge is 0.444 e. The summed E-state index contributed by atoms with van der Waals surface area (Å²) >= 11 is 0. The number of hydrogen-bond acceptors (Lipinski definition) is 6. The highest BCUT2D eigenvalue weighted by atomic mass is 16.6. The minimum Gasteiger partial charge on any atom is -0.444 e. The predicted molar refractivity (Wildman–Crippen MR) is 129 cm³/mol. The van der Waals surface area contributed by atoms with Crippen molar-refractivity contribution >= 4 is 23.3 Å². The Morgan fingerprint density at radius 1 is 1.12 bits per heavy atom. The standard InChI is InChI=1S/C25H37N5O2/c1-18(2)22-23(29-21-13-9-8-12-20(21)28-22)19-16-27-30(17-19)15-11-7-6-10-14-26-24(31)32-25(3,4)5/h8-9,12-13,16,18-19H,6-7,10-11,14-15,17H2,1-5H3,(H,26,31). The maximum Gasteiger partial charge on any atom is 0.407 e. The molecule has 0 saturated heterocycles. The molecule has 0 aliphatic carbocycles. The molecule has 1 amide bonds. The molecule has 2 aromatic rings. The SMILES string of the molecule is CC(C)c1nc2ccccc2nc1C1C=NN(CCCCCCNC(=O)OC(C)(C)C)C1. The van der Waals surface area contributed by atoms with Gasteiger partial charge in [-0.3, -0.25) is 5.01 Å². The van der Waals surface area contributed by atoms with Crippen LogP contribution in [0.25, 0.3) is 11.0 Å². The van der Waals surface area contributed by atoms with Gasteiger partial charge in [-0.2, -0.15) is 5.10 Å². The van der Waals surface area contributed by atoms with Gasteiger partial charge in [-0.1, -0.05) is 38.8 Å². The Hall–Kier alpha value is -2.70. The number of unbranched alkanes of at least 4 members (excludes halogenated alkanes) is 3. The zero-order chi connectivity index (χ0) is 23.1. The molecular formula is C25H37N5O2. The highest BCUT2D eigenvalue weighted by Gasteiger charge is 2.25. The molecule has 32 heavy (non-hydrogen) atoms. The monoisotopic (exact) mass is 439 g/mol. The predicted octanol–water partition coefficient (Wildman–Crippen LogP) is 5.22. The van der Waals surface area contributed by atoms with Crippen LogP contribution in [0.4, 0.5) is 4.79 Å². The Bertz CT molecular complexity index is 936. The molecule has 3 rings (SSSR count). The van der Waals surface area contributed by atoms with Crippen LogP contribution in [0, 0.1) is 0 Å². The van der Waals surface area contributed by atoms with Gasteiger partial charge in [0.2, 0.25) is 0 Å². The van der Waals surface area contributed by atoms with Crippen LogP contribution in [0.5, 0.6) is 0 Å². The normalized spacial score (nSPS) is 16.2. The number of para-hydroxylation sites is 2. The van der Waals surface area contributed by atoms with Crippen molar-refractivity contribution in [3.8, 4) is 0 Å². The van der Waals surface area contributed by atoms with E-state index >= 15 is 0 Å². The molecule has 1 unspecified atom stereocenters. The lowest BCUT2D eigenvalue weighted by Gasteiger charge is -2.19. The number of rotatable bonds is 9. The molecule has 7 heteroatoms. The van der Waals surface area contributed by atoms with Crippen molar-refractivity contribution in [2.75, 3.05) is 19.6 Å². The van der Waals surface area contributed by atoms with Gasteiger partial charge < -0.3 is 10.1 Å². The van der Waals surface area contributed by atoms with Crippen LogP contribution in [-0.4, -0.2) is 52.5 Å². The second-order valence-electron chi connectivity index (χ2n) is 9.76. The third-order valence-electron chi connectivity index (χ3n) is 5.35. The van der Waals surface area contributed by atoms with E-state index in [0.717, 1.165) is 61.2 Å². The number of fused-ring (bicyclic) bond motifs is 1. The van der Waals surface area contributed by atoms with Gasteiger partial charge >= 0.3 is 6.09 Å². The van der Waals surface area contributed by atoms with Crippen molar-refractivity contribution in [1.82, 2.24) is 20.3 Å². The summed E-state index contributed by atoms with van der Waals surface area (Å²) in [6, 6.07) is 8.06. The molecule has 0 spiro atoms. The first-order chi connectivity index (χ1) is 15.2. The van der Waals surface area contributed by atoms with Crippen LogP contribution >= 0.6 is 0 Å². The molecule has 7 nitrogen and oxygen atoms in total. The molecule has 0 radical (unpaired) electrons. The van der Waals surface area contributed by atoms with Crippen molar-refractivity contribution < 1.29 is 9.53 Å². The topological polar surface area (TPSA) is 79.7 Å². The van der Waals surface area contributed by atoms with Gasteiger partial charge in [-0.25, -0.2) is 14.8 Å². The second kappa shape index (κ2) is 10.7. The molecular weight excluding hydrogens is 402 g/mol.